The summed E-state index contributed by atoms with van der Waals surface area (Å²) >= 11 is 3.33. The zero-order valence-corrected chi connectivity index (χ0v) is 11.2. The largest absolute Gasteiger partial charge is 0.444 e. The van der Waals surface area contributed by atoms with Crippen molar-refractivity contribution in [3.63, 3.8) is 0 Å². The number of nitrogens with zero attached hydrogens (tertiary/aromatic N) is 1. The van der Waals surface area contributed by atoms with E-state index in [1.165, 1.54) is 0 Å². The van der Waals surface area contributed by atoms with Gasteiger partial charge in [-0.2, -0.15) is 0 Å². The number of carbonyl (C=O) groups excluding carboxylic acids is 1. The number of aryl methyl sites for hydroxylation is 1. The Morgan fingerprint density at radius 3 is 2.94 bits per heavy atom. The fourth-order valence-electron chi connectivity index (χ4n) is 1.33. The number of hydrogen-bond donors (Lipinski definition) is 1. The van der Waals surface area contributed by atoms with Crippen molar-refractivity contribution in [1.82, 2.24) is 10.3 Å². The van der Waals surface area contributed by atoms with E-state index in [4.69, 9.17) is 4.42 Å². The van der Waals surface area contributed by atoms with Crippen LogP contribution in [0.1, 0.15) is 43.9 Å². The normalized spacial score (nSPS) is 12.4. The van der Waals surface area contributed by atoms with Crippen LogP contribution in [-0.4, -0.2) is 16.2 Å². The van der Waals surface area contributed by atoms with Gasteiger partial charge in [-0.05, 0) is 26.7 Å². The highest BCUT2D eigenvalue weighted by Crippen LogP contribution is 2.12. The molecule has 0 aliphatic carbocycles. The lowest BCUT2D eigenvalue weighted by Crippen LogP contribution is -2.26. The second-order valence-electron chi connectivity index (χ2n) is 3.74. The highest BCUT2D eigenvalue weighted by molar-refractivity contribution is 9.09. The Hall–Kier alpha value is -0.840. The summed E-state index contributed by atoms with van der Waals surface area (Å²) in [6, 6.07) is -0.162. The Kier molecular flexibility index (Phi) is 5.52. The maximum atomic E-state index is 11.5. The van der Waals surface area contributed by atoms with Crippen molar-refractivity contribution >= 4 is 21.8 Å². The Balaban J connectivity index is 2.33. The van der Waals surface area contributed by atoms with E-state index >= 15 is 0 Å². The average molecular weight is 289 g/mol. The fourth-order valence-corrected chi connectivity index (χ4v) is 1.72. The van der Waals surface area contributed by atoms with Crippen LogP contribution in [0.25, 0.3) is 0 Å². The number of unbranched alkanes of at least 4 members (excludes halogenated alkanes) is 1. The molecule has 16 heavy (non-hydrogen) atoms. The number of rotatable bonds is 6. The molecule has 0 bridgehead atoms. The summed E-state index contributed by atoms with van der Waals surface area (Å²) in [6.07, 6.45) is 4.12. The lowest BCUT2D eigenvalue weighted by Gasteiger charge is -2.09. The maximum absolute atomic E-state index is 11.5. The van der Waals surface area contributed by atoms with Crippen LogP contribution in [0.2, 0.25) is 0 Å². The molecule has 1 aromatic rings. The molecule has 4 nitrogen and oxygen atoms in total. The zero-order chi connectivity index (χ0) is 12.0. The Bertz CT molecular complexity index is 338. The molecule has 0 saturated carbocycles. The zero-order valence-electron chi connectivity index (χ0n) is 9.62. The van der Waals surface area contributed by atoms with Gasteiger partial charge >= 0.3 is 0 Å². The van der Waals surface area contributed by atoms with Crippen LogP contribution in [0.4, 0.5) is 0 Å². The first-order valence-electron chi connectivity index (χ1n) is 5.41. The molecule has 1 N–H and O–H groups in total. The minimum Gasteiger partial charge on any atom is -0.444 e. The van der Waals surface area contributed by atoms with Gasteiger partial charge in [0.15, 0.2) is 0 Å². The van der Waals surface area contributed by atoms with Crippen LogP contribution in [0.3, 0.4) is 0 Å². The number of aromatic nitrogens is 1. The van der Waals surface area contributed by atoms with Crippen LogP contribution in [0.5, 0.6) is 0 Å². The van der Waals surface area contributed by atoms with E-state index < -0.39 is 0 Å². The lowest BCUT2D eigenvalue weighted by molar-refractivity contribution is -0.122. The molecule has 1 atom stereocenters. The summed E-state index contributed by atoms with van der Waals surface area (Å²) in [5.74, 6) is 1.37. The topological polar surface area (TPSA) is 55.1 Å². The first-order valence-corrected chi connectivity index (χ1v) is 6.53. The molecule has 1 heterocycles. The van der Waals surface area contributed by atoms with Crippen molar-refractivity contribution in [3.05, 3.63) is 17.8 Å². The van der Waals surface area contributed by atoms with Crippen molar-refractivity contribution in [3.8, 4) is 0 Å². The molecule has 1 amide bonds. The van der Waals surface area contributed by atoms with E-state index in [9.17, 15) is 4.79 Å². The maximum Gasteiger partial charge on any atom is 0.220 e. The Morgan fingerprint density at radius 2 is 2.38 bits per heavy atom. The molecule has 0 radical (unpaired) electrons. The predicted octanol–water partition coefficient (Wildman–Crippen LogP) is 2.73. The van der Waals surface area contributed by atoms with Crippen molar-refractivity contribution in [2.45, 2.75) is 39.2 Å². The summed E-state index contributed by atoms with van der Waals surface area (Å²) in [5, 5.41) is 3.80. The van der Waals surface area contributed by atoms with E-state index in [-0.39, 0.29) is 11.9 Å². The quantitative estimate of drug-likeness (QED) is 0.647. The number of nitrogens with one attached hydrogen (secondary N) is 1. The van der Waals surface area contributed by atoms with Crippen molar-refractivity contribution in [2.24, 2.45) is 0 Å². The van der Waals surface area contributed by atoms with Gasteiger partial charge < -0.3 is 9.73 Å². The highest BCUT2D eigenvalue weighted by atomic mass is 79.9. The second-order valence-corrected chi connectivity index (χ2v) is 4.54. The molecule has 0 aliphatic heterocycles. The molecule has 0 saturated heterocycles. The average Bonchev–Trinajstić information content (AvgIpc) is 2.65. The SMILES string of the molecule is Cc1cnc(C(C)NC(=O)CCCCBr)o1. The van der Waals surface area contributed by atoms with Crippen LogP contribution in [-0.2, 0) is 4.79 Å². The highest BCUT2D eigenvalue weighted by Gasteiger charge is 2.13. The summed E-state index contributed by atoms with van der Waals surface area (Å²) in [6.45, 7) is 3.70. The third-order valence-corrected chi connectivity index (χ3v) is 2.74. The van der Waals surface area contributed by atoms with Gasteiger partial charge in [-0.3, -0.25) is 4.79 Å². The van der Waals surface area contributed by atoms with Crippen LogP contribution in [0, 0.1) is 6.92 Å². The van der Waals surface area contributed by atoms with Gasteiger partial charge in [0.25, 0.3) is 0 Å². The molecule has 0 aromatic carbocycles. The molecular formula is C11H17BrN2O2. The molecule has 5 heteroatoms. The molecule has 0 aliphatic rings. The second kappa shape index (κ2) is 6.68. The molecule has 90 valence electrons. The fraction of sp³-hybridized carbons (Fsp3) is 0.636. The minimum absolute atomic E-state index is 0.0457. The van der Waals surface area contributed by atoms with Gasteiger partial charge in [-0.1, -0.05) is 15.9 Å². The summed E-state index contributed by atoms with van der Waals surface area (Å²) in [5.41, 5.74) is 0. The van der Waals surface area contributed by atoms with Gasteiger partial charge in [0.05, 0.1) is 6.20 Å². The Morgan fingerprint density at radius 1 is 1.62 bits per heavy atom. The van der Waals surface area contributed by atoms with Crippen molar-refractivity contribution < 1.29 is 9.21 Å². The predicted molar refractivity (Wildman–Crippen MR) is 65.4 cm³/mol. The number of hydrogen-bond acceptors (Lipinski definition) is 3. The van der Waals surface area contributed by atoms with Gasteiger partial charge in [0, 0.05) is 11.8 Å². The number of oxazole rings is 1. The number of amides is 1. The van der Waals surface area contributed by atoms with E-state index in [0.717, 1.165) is 23.9 Å². The summed E-state index contributed by atoms with van der Waals surface area (Å²) in [4.78, 5) is 15.6. The van der Waals surface area contributed by atoms with Crippen LogP contribution >= 0.6 is 15.9 Å². The third-order valence-electron chi connectivity index (χ3n) is 2.17. The first-order chi connectivity index (χ1) is 7.63. The van der Waals surface area contributed by atoms with Crippen molar-refractivity contribution in [2.75, 3.05) is 5.33 Å². The molecule has 1 aromatic heterocycles. The number of alkyl halides is 1. The number of halogens is 1. The number of carbonyl (C=O) groups is 1. The first kappa shape index (κ1) is 13.2. The van der Waals surface area contributed by atoms with E-state index in [1.807, 2.05) is 13.8 Å². The minimum atomic E-state index is -0.162. The standard InChI is InChI=1S/C11H17BrN2O2/c1-8-7-13-11(16-8)9(2)14-10(15)5-3-4-6-12/h7,9H,3-6H2,1-2H3,(H,14,15). The van der Waals surface area contributed by atoms with Crippen LogP contribution in [0.15, 0.2) is 10.6 Å². The molecular weight excluding hydrogens is 272 g/mol. The van der Waals surface area contributed by atoms with Gasteiger partial charge in [0.1, 0.15) is 11.8 Å². The summed E-state index contributed by atoms with van der Waals surface area (Å²) < 4.78 is 5.34. The Labute approximate surface area is 104 Å². The van der Waals surface area contributed by atoms with Crippen LogP contribution < -0.4 is 5.32 Å². The smallest absolute Gasteiger partial charge is 0.220 e. The molecule has 1 rings (SSSR count). The van der Waals surface area contributed by atoms with Gasteiger partial charge in [0.2, 0.25) is 11.8 Å². The molecule has 0 spiro atoms. The molecule has 0 fully saturated rings. The molecule has 1 unspecified atom stereocenters. The lowest BCUT2D eigenvalue weighted by atomic mass is 10.2. The summed E-state index contributed by atoms with van der Waals surface area (Å²) in [7, 11) is 0. The monoisotopic (exact) mass is 288 g/mol. The van der Waals surface area contributed by atoms with Gasteiger partial charge in [-0.15, -0.1) is 0 Å². The van der Waals surface area contributed by atoms with E-state index in [0.29, 0.717) is 12.3 Å². The van der Waals surface area contributed by atoms with E-state index in [1.54, 1.807) is 6.20 Å². The third kappa shape index (κ3) is 4.35. The van der Waals surface area contributed by atoms with Crippen molar-refractivity contribution in [1.29, 1.82) is 0 Å². The van der Waals surface area contributed by atoms with Gasteiger partial charge in [-0.25, -0.2) is 4.98 Å². The van der Waals surface area contributed by atoms with E-state index in [2.05, 4.69) is 26.2 Å².